The molecule has 0 fully saturated rings. The molecule has 0 radical (unpaired) electrons. The summed E-state index contributed by atoms with van der Waals surface area (Å²) in [6.07, 6.45) is 1.84. The summed E-state index contributed by atoms with van der Waals surface area (Å²) >= 11 is 0. The molecule has 0 saturated carbocycles. The first-order valence-electron chi connectivity index (χ1n) is 7.11. The molecule has 0 aliphatic rings. The van der Waals surface area contributed by atoms with Gasteiger partial charge < -0.3 is 10.2 Å². The van der Waals surface area contributed by atoms with E-state index < -0.39 is 0 Å². The molecule has 3 heteroatoms. The van der Waals surface area contributed by atoms with Crippen LogP contribution in [0.4, 0.5) is 0 Å². The van der Waals surface area contributed by atoms with Crippen molar-refractivity contribution in [3.05, 3.63) is 71.8 Å². The van der Waals surface area contributed by atoms with Crippen molar-refractivity contribution < 1.29 is 4.43 Å². The van der Waals surface area contributed by atoms with Crippen molar-refractivity contribution in [2.75, 3.05) is 0 Å². The smallest absolute Gasteiger partial charge is 0.147 e. The van der Waals surface area contributed by atoms with Gasteiger partial charge in [0.1, 0.15) is 16.1 Å². The van der Waals surface area contributed by atoms with Crippen LogP contribution in [0, 0.1) is 0 Å². The molecule has 0 aliphatic carbocycles. The average Bonchev–Trinajstić information content (AvgIpc) is 2.50. The van der Waals surface area contributed by atoms with E-state index in [1.165, 1.54) is 11.1 Å². The average molecular weight is 285 g/mol. The van der Waals surface area contributed by atoms with Gasteiger partial charge in [0.2, 0.25) is 0 Å². The third-order valence-corrected chi connectivity index (χ3v) is 4.48. The van der Waals surface area contributed by atoms with Gasteiger partial charge in [0, 0.05) is 6.04 Å². The van der Waals surface area contributed by atoms with Gasteiger partial charge >= 0.3 is 0 Å². The third kappa shape index (κ3) is 3.18. The van der Waals surface area contributed by atoms with E-state index >= 15 is 0 Å². The Morgan fingerprint density at radius 1 is 1.00 bits per heavy atom. The van der Waals surface area contributed by atoms with E-state index in [2.05, 4.69) is 48.5 Å². The quantitative estimate of drug-likeness (QED) is 0.827. The fourth-order valence-corrected chi connectivity index (χ4v) is 3.31. The zero-order valence-corrected chi connectivity index (χ0v) is 14.3. The number of rotatable bonds is 6. The fraction of sp³-hybridized carbons (Fsp3) is 0.294. The van der Waals surface area contributed by atoms with Gasteiger partial charge in [-0.25, -0.2) is 0 Å². The van der Waals surface area contributed by atoms with Gasteiger partial charge in [-0.3, -0.25) is 0 Å². The first-order chi connectivity index (χ1) is 9.69. The third-order valence-electron chi connectivity index (χ3n) is 3.78. The first kappa shape index (κ1) is 15.0. The molecule has 1 unspecified atom stereocenters. The minimum Gasteiger partial charge on any atom is -0.414 e. The minimum absolute atomic E-state index is 0.179. The molecule has 2 aromatic carbocycles. The highest BCUT2D eigenvalue weighted by Crippen LogP contribution is 2.37. The number of benzene rings is 2. The van der Waals surface area contributed by atoms with Crippen molar-refractivity contribution in [1.29, 1.82) is 0 Å². The second-order valence-electron chi connectivity index (χ2n) is 5.28. The van der Waals surface area contributed by atoms with Crippen molar-refractivity contribution in [2.24, 2.45) is 5.73 Å². The van der Waals surface area contributed by atoms with E-state index in [4.69, 9.17) is 10.2 Å². The number of hydrogen-bond donors (Lipinski definition) is 1. The van der Waals surface area contributed by atoms with E-state index in [0.717, 1.165) is 12.8 Å². The molecule has 0 saturated heterocycles. The predicted octanol–water partition coefficient (Wildman–Crippen LogP) is 2.35. The fourth-order valence-electron chi connectivity index (χ4n) is 2.64. The topological polar surface area (TPSA) is 35.2 Å². The number of hydrogen-bond acceptors (Lipinski definition) is 2. The van der Waals surface area contributed by atoms with Gasteiger partial charge in [-0.15, -0.1) is 0 Å². The second-order valence-corrected chi connectivity index (χ2v) is 5.69. The SMILES string of the molecule is CC(N)CCC(O[SiH3])(c1ccccc1)c1ccccc1. The Morgan fingerprint density at radius 3 is 1.80 bits per heavy atom. The van der Waals surface area contributed by atoms with Crippen LogP contribution in [-0.4, -0.2) is 16.5 Å². The van der Waals surface area contributed by atoms with Crippen molar-refractivity contribution in [1.82, 2.24) is 0 Å². The second kappa shape index (κ2) is 6.84. The zero-order chi connectivity index (χ0) is 14.4. The van der Waals surface area contributed by atoms with Crippen LogP contribution >= 0.6 is 0 Å². The standard InChI is InChI=1S/C17H23NOSi/c1-14(18)12-13-17(19-20,15-8-4-2-5-9-15)16-10-6-3-7-11-16/h2-11,14H,12-13,18H2,1,20H3. The van der Waals surface area contributed by atoms with Crippen molar-refractivity contribution in [3.63, 3.8) is 0 Å². The number of nitrogens with two attached hydrogens (primary N) is 1. The summed E-state index contributed by atoms with van der Waals surface area (Å²) in [7, 11) is 0.685. The van der Waals surface area contributed by atoms with E-state index in [1.807, 2.05) is 19.1 Å². The molecule has 0 amide bonds. The molecule has 1 atom stereocenters. The van der Waals surface area contributed by atoms with Gasteiger partial charge in [0.25, 0.3) is 0 Å². The summed E-state index contributed by atoms with van der Waals surface area (Å²) in [5.41, 5.74) is 8.03. The lowest BCUT2D eigenvalue weighted by Crippen LogP contribution is -2.32. The van der Waals surface area contributed by atoms with Crippen molar-refractivity contribution in [2.45, 2.75) is 31.4 Å². The van der Waals surface area contributed by atoms with Crippen LogP contribution in [-0.2, 0) is 10.0 Å². The molecular formula is C17H23NOSi. The first-order valence-corrected chi connectivity index (χ1v) is 7.92. The van der Waals surface area contributed by atoms with Crippen LogP contribution in [0.25, 0.3) is 0 Å². The molecule has 0 bridgehead atoms. The highest BCUT2D eigenvalue weighted by molar-refractivity contribution is 5.98. The van der Waals surface area contributed by atoms with E-state index in [0.29, 0.717) is 10.5 Å². The summed E-state index contributed by atoms with van der Waals surface area (Å²) in [6, 6.07) is 21.1. The lowest BCUT2D eigenvalue weighted by atomic mass is 9.82. The van der Waals surface area contributed by atoms with Crippen LogP contribution in [0.15, 0.2) is 60.7 Å². The molecule has 0 spiro atoms. The maximum absolute atomic E-state index is 6.14. The van der Waals surface area contributed by atoms with Gasteiger partial charge in [0.05, 0.1) is 0 Å². The highest BCUT2D eigenvalue weighted by Gasteiger charge is 2.33. The Kier molecular flexibility index (Phi) is 5.12. The maximum atomic E-state index is 6.14. The molecule has 0 heterocycles. The van der Waals surface area contributed by atoms with Crippen molar-refractivity contribution in [3.8, 4) is 0 Å². The highest BCUT2D eigenvalue weighted by atomic mass is 28.2. The Hall–Kier alpha value is -1.42. The van der Waals surface area contributed by atoms with E-state index in [9.17, 15) is 0 Å². The normalized spacial score (nSPS) is 13.3. The van der Waals surface area contributed by atoms with Gasteiger partial charge in [-0.05, 0) is 30.9 Å². The molecule has 106 valence electrons. The monoisotopic (exact) mass is 285 g/mol. The molecule has 2 aromatic rings. The van der Waals surface area contributed by atoms with Gasteiger partial charge in [-0.1, -0.05) is 60.7 Å². The van der Waals surface area contributed by atoms with Gasteiger partial charge in [-0.2, -0.15) is 0 Å². The summed E-state index contributed by atoms with van der Waals surface area (Å²) in [5.74, 6) is 0. The molecule has 0 aliphatic heterocycles. The van der Waals surface area contributed by atoms with Crippen LogP contribution in [0.5, 0.6) is 0 Å². The summed E-state index contributed by atoms with van der Waals surface area (Å²) in [5, 5.41) is 0. The maximum Gasteiger partial charge on any atom is 0.147 e. The Bertz CT molecular complexity index is 474. The lowest BCUT2D eigenvalue weighted by molar-refractivity contribution is 0.109. The van der Waals surface area contributed by atoms with Crippen LogP contribution in [0.1, 0.15) is 30.9 Å². The summed E-state index contributed by atoms with van der Waals surface area (Å²) < 4.78 is 6.14. The Morgan fingerprint density at radius 2 is 1.45 bits per heavy atom. The largest absolute Gasteiger partial charge is 0.414 e. The van der Waals surface area contributed by atoms with Gasteiger partial charge in [0.15, 0.2) is 0 Å². The molecule has 0 aromatic heterocycles. The van der Waals surface area contributed by atoms with Crippen molar-refractivity contribution >= 4 is 10.5 Å². The summed E-state index contributed by atoms with van der Waals surface area (Å²) in [4.78, 5) is 0. The summed E-state index contributed by atoms with van der Waals surface area (Å²) in [6.45, 7) is 2.05. The molecule has 20 heavy (non-hydrogen) atoms. The van der Waals surface area contributed by atoms with E-state index in [-0.39, 0.29) is 11.6 Å². The molecule has 2 rings (SSSR count). The lowest BCUT2D eigenvalue weighted by Gasteiger charge is -2.35. The predicted molar refractivity (Wildman–Crippen MR) is 87.6 cm³/mol. The van der Waals surface area contributed by atoms with E-state index in [1.54, 1.807) is 0 Å². The molecule has 2 nitrogen and oxygen atoms in total. The molecular weight excluding hydrogens is 262 g/mol. The van der Waals surface area contributed by atoms with Crippen LogP contribution in [0.3, 0.4) is 0 Å². The Labute approximate surface area is 124 Å². The van der Waals surface area contributed by atoms with Crippen LogP contribution < -0.4 is 5.73 Å². The van der Waals surface area contributed by atoms with Crippen LogP contribution in [0.2, 0.25) is 0 Å². The zero-order valence-electron chi connectivity index (χ0n) is 12.3. The molecule has 2 N–H and O–H groups in total. The minimum atomic E-state index is -0.359. The Balaban J connectivity index is 2.46.